The Morgan fingerprint density at radius 2 is 0.657 bits per heavy atom. The van der Waals surface area contributed by atoms with E-state index < -0.39 is 0 Å². The second-order valence-electron chi connectivity index (χ2n) is 11.5. The topological polar surface area (TPSA) is 0 Å². The fraction of sp³-hybridized carbons (Fsp3) is 1.00. The molecular weight excluding hydrogens is 420 g/mol. The van der Waals surface area contributed by atoms with Crippen LogP contribution in [0.25, 0.3) is 0 Å². The van der Waals surface area contributed by atoms with E-state index in [1.807, 2.05) is 13.8 Å². The van der Waals surface area contributed by atoms with Gasteiger partial charge in [0.05, 0.1) is 0 Å². The summed E-state index contributed by atoms with van der Waals surface area (Å²) in [6.45, 7) is 45.7. The van der Waals surface area contributed by atoms with E-state index in [1.54, 1.807) is 0 Å². The van der Waals surface area contributed by atoms with Crippen molar-refractivity contribution in [3.8, 4) is 0 Å². The summed E-state index contributed by atoms with van der Waals surface area (Å²) in [5.74, 6) is 2.65. The van der Waals surface area contributed by atoms with Crippen LogP contribution in [0.4, 0.5) is 0 Å². The molecule has 35 heavy (non-hydrogen) atoms. The Morgan fingerprint density at radius 3 is 0.657 bits per heavy atom. The van der Waals surface area contributed by atoms with Gasteiger partial charge in [-0.05, 0) is 23.2 Å². The largest absolute Gasteiger partial charge is 0.0776 e. The molecule has 0 saturated heterocycles. The molecule has 0 aromatic carbocycles. The lowest BCUT2D eigenvalue weighted by molar-refractivity contribution is 0.469. The highest BCUT2D eigenvalue weighted by atomic mass is 14.0. The van der Waals surface area contributed by atoms with E-state index in [2.05, 4.69) is 132 Å². The van der Waals surface area contributed by atoms with E-state index in [4.69, 9.17) is 0 Å². The molecule has 0 aliphatic heterocycles. The van der Waals surface area contributed by atoms with E-state index in [1.165, 1.54) is 57.8 Å². The molecule has 0 atom stereocenters. The molecule has 0 aliphatic rings. The molecule has 0 nitrogen and oxygen atoms in total. The average Bonchev–Trinajstić information content (AvgIpc) is 2.75. The summed E-state index contributed by atoms with van der Waals surface area (Å²) in [5.41, 5.74) is 0.500. The molecule has 0 N–H and O–H groups in total. The summed E-state index contributed by atoms with van der Waals surface area (Å²) in [4.78, 5) is 0. The number of rotatable bonds is 6. The summed E-state index contributed by atoms with van der Waals surface area (Å²) in [6.07, 6.45) is 11.9. The van der Waals surface area contributed by atoms with Gasteiger partial charge in [-0.1, -0.05) is 211 Å². The lowest BCUT2D eigenvalue weighted by atomic mass is 10.0. The highest BCUT2D eigenvalue weighted by molar-refractivity contribution is 4.47. The first-order valence-corrected chi connectivity index (χ1v) is 15.6. The number of unbranched alkanes of at least 4 members (excludes halogenated alkanes) is 3. The van der Waals surface area contributed by atoms with Crippen LogP contribution < -0.4 is 0 Å². The van der Waals surface area contributed by atoms with Gasteiger partial charge in [0.2, 0.25) is 0 Å². The third-order valence-electron chi connectivity index (χ3n) is 3.42. The van der Waals surface area contributed by atoms with Crippen molar-refractivity contribution in [1.82, 2.24) is 0 Å². The molecule has 0 heteroatoms. The molecule has 0 radical (unpaired) electrons. The molecule has 0 rings (SSSR count). The lowest BCUT2D eigenvalue weighted by Crippen LogP contribution is -1.93. The highest BCUT2D eigenvalue weighted by Crippen LogP contribution is 2.08. The Morgan fingerprint density at radius 1 is 0.486 bits per heavy atom. The van der Waals surface area contributed by atoms with Gasteiger partial charge in [0.1, 0.15) is 0 Å². The number of hydrogen-bond acceptors (Lipinski definition) is 0. The SMILES string of the molecule is C.CC.CC(C)(C)C.CC(C)C.CCC.CCC(C)C.CCC(C)CC.CCCC.CCCCC. The Balaban J connectivity index is -0.0000000319. The van der Waals surface area contributed by atoms with Gasteiger partial charge in [-0.2, -0.15) is 0 Å². The predicted molar refractivity (Wildman–Crippen MR) is 180 cm³/mol. The number of hydrogen-bond donors (Lipinski definition) is 0. The van der Waals surface area contributed by atoms with Crippen molar-refractivity contribution in [2.45, 2.75) is 211 Å². The van der Waals surface area contributed by atoms with Crippen molar-refractivity contribution in [3.05, 3.63) is 0 Å². The normalized spacial score (nSPS) is 8.57. The fourth-order valence-electron chi connectivity index (χ4n) is 0.642. The van der Waals surface area contributed by atoms with Crippen LogP contribution in [0.15, 0.2) is 0 Å². The van der Waals surface area contributed by atoms with Crippen molar-refractivity contribution >= 4 is 0 Å². The quantitative estimate of drug-likeness (QED) is 0.334. The van der Waals surface area contributed by atoms with Gasteiger partial charge in [0, 0.05) is 0 Å². The van der Waals surface area contributed by atoms with Crippen LogP contribution in [0.2, 0.25) is 0 Å². The molecule has 0 aromatic rings. The van der Waals surface area contributed by atoms with Crippen LogP contribution in [0.1, 0.15) is 211 Å². The van der Waals surface area contributed by atoms with E-state index in [0.717, 1.165) is 17.8 Å². The average molecular weight is 509 g/mol. The Labute approximate surface area is 233 Å². The zero-order valence-electron chi connectivity index (χ0n) is 29.6. The van der Waals surface area contributed by atoms with Crippen LogP contribution in [-0.4, -0.2) is 0 Å². The van der Waals surface area contributed by atoms with E-state index in [9.17, 15) is 0 Å². The molecule has 0 aromatic heterocycles. The second kappa shape index (κ2) is 64.3. The van der Waals surface area contributed by atoms with Crippen LogP contribution in [0, 0.1) is 23.2 Å². The first kappa shape index (κ1) is 59.9. The monoisotopic (exact) mass is 509 g/mol. The van der Waals surface area contributed by atoms with Crippen LogP contribution in [0.3, 0.4) is 0 Å². The van der Waals surface area contributed by atoms with Crippen LogP contribution in [0.5, 0.6) is 0 Å². The third kappa shape index (κ3) is 430. The highest BCUT2D eigenvalue weighted by Gasteiger charge is 1.95. The van der Waals surface area contributed by atoms with Gasteiger partial charge in [0.25, 0.3) is 0 Å². The van der Waals surface area contributed by atoms with Gasteiger partial charge in [0.15, 0.2) is 0 Å². The maximum Gasteiger partial charge on any atom is -0.0411 e. The summed E-state index contributed by atoms with van der Waals surface area (Å²) < 4.78 is 0. The van der Waals surface area contributed by atoms with Gasteiger partial charge in [-0.15, -0.1) is 0 Å². The van der Waals surface area contributed by atoms with Crippen molar-refractivity contribution in [2.75, 3.05) is 0 Å². The molecule has 0 spiro atoms. The predicted octanol–water partition coefficient (Wildman–Crippen LogP) is 15.3. The van der Waals surface area contributed by atoms with Crippen LogP contribution in [-0.2, 0) is 0 Å². The second-order valence-corrected chi connectivity index (χ2v) is 11.5. The molecule has 0 amide bonds. The summed E-state index contributed by atoms with van der Waals surface area (Å²) in [7, 11) is 0. The molecule has 0 saturated carbocycles. The molecule has 0 fully saturated rings. The minimum Gasteiger partial charge on any atom is -0.0776 e. The summed E-state index contributed by atoms with van der Waals surface area (Å²) in [5, 5.41) is 0. The van der Waals surface area contributed by atoms with E-state index in [-0.39, 0.29) is 7.43 Å². The Bertz CT molecular complexity index is 190. The molecule has 0 unspecified atom stereocenters. The first-order chi connectivity index (χ1) is 15.6. The van der Waals surface area contributed by atoms with Gasteiger partial charge < -0.3 is 0 Å². The molecule has 0 aliphatic carbocycles. The maximum absolute atomic E-state index is 2.28. The minimum absolute atomic E-state index is 0. The van der Waals surface area contributed by atoms with E-state index in [0.29, 0.717) is 5.41 Å². The van der Waals surface area contributed by atoms with Crippen molar-refractivity contribution in [1.29, 1.82) is 0 Å². The zero-order valence-corrected chi connectivity index (χ0v) is 29.6. The zero-order chi connectivity index (χ0) is 29.6. The van der Waals surface area contributed by atoms with Crippen molar-refractivity contribution < 1.29 is 0 Å². The van der Waals surface area contributed by atoms with Gasteiger partial charge in [-0.25, -0.2) is 0 Å². The molecule has 228 valence electrons. The van der Waals surface area contributed by atoms with Crippen LogP contribution >= 0.6 is 0 Å². The van der Waals surface area contributed by atoms with Gasteiger partial charge >= 0.3 is 0 Å². The summed E-state index contributed by atoms with van der Waals surface area (Å²) in [6, 6.07) is 0. The maximum atomic E-state index is 2.28. The van der Waals surface area contributed by atoms with Crippen molar-refractivity contribution in [2.24, 2.45) is 23.2 Å². The van der Waals surface area contributed by atoms with E-state index >= 15 is 0 Å². The van der Waals surface area contributed by atoms with Gasteiger partial charge in [-0.3, -0.25) is 0 Å². The standard InChI is InChI=1S/C6H14.3C5H12.2C4H10.C3H8.C2H6.CH4/c1-4-6(3)5-2;1-5(2,3)4;1-4-5(2)3;1-3-5-4-2;1-4(2)3;1-3-4-2;1-3-2;1-2;/h6H,4-5H2,1-3H3;1-4H3;5H,4H2,1-3H3;3-5H2,1-2H3;4H,1-3H3;3-4H2,1-2H3;3H2,1-2H3;1-2H3;1H4. The van der Waals surface area contributed by atoms with Crippen molar-refractivity contribution in [3.63, 3.8) is 0 Å². The smallest absolute Gasteiger partial charge is 0.0411 e. The fourth-order valence-corrected chi connectivity index (χ4v) is 0.642. The third-order valence-corrected chi connectivity index (χ3v) is 3.42. The molecule has 0 heterocycles. The Hall–Kier alpha value is 0. The first-order valence-electron chi connectivity index (χ1n) is 15.6. The Kier molecular flexibility index (Phi) is 110. The summed E-state index contributed by atoms with van der Waals surface area (Å²) >= 11 is 0. The minimum atomic E-state index is 0. The molecular formula is C35H88. The molecule has 0 bridgehead atoms. The lowest BCUT2D eigenvalue weighted by Gasteiger charge is -2.05.